The van der Waals surface area contributed by atoms with Gasteiger partial charge in [-0.3, -0.25) is 9.97 Å². The first kappa shape index (κ1) is 31.0. The smallest absolute Gasteiger partial charge is 0.0702 e. The molecule has 2 aliphatic rings. The van der Waals surface area contributed by atoms with E-state index in [2.05, 4.69) is 156 Å². The number of aromatic nitrogens is 4. The topological polar surface area (TPSA) is 35.6 Å². The van der Waals surface area contributed by atoms with Crippen LogP contribution in [0.5, 0.6) is 0 Å². The van der Waals surface area contributed by atoms with E-state index in [0.717, 1.165) is 35.5 Å². The molecule has 11 rings (SSSR count). The van der Waals surface area contributed by atoms with Gasteiger partial charge in [0.1, 0.15) is 0 Å². The predicted octanol–water partition coefficient (Wildman–Crippen LogP) is 12.6. The fourth-order valence-electron chi connectivity index (χ4n) is 9.35. The Hall–Kier alpha value is -6.52. The van der Waals surface area contributed by atoms with Crippen LogP contribution in [0.2, 0.25) is 0 Å². The molecule has 4 heteroatoms. The predicted molar refractivity (Wildman–Crippen MR) is 224 cm³/mol. The molecule has 0 radical (unpaired) electrons. The van der Waals surface area contributed by atoms with E-state index in [9.17, 15) is 0 Å². The van der Waals surface area contributed by atoms with Gasteiger partial charge in [-0.2, -0.15) is 0 Å². The van der Waals surface area contributed by atoms with Crippen molar-refractivity contribution in [3.63, 3.8) is 0 Å². The molecule has 0 saturated carbocycles. The van der Waals surface area contributed by atoms with Crippen molar-refractivity contribution in [2.45, 2.75) is 38.5 Å². The van der Waals surface area contributed by atoms with Crippen molar-refractivity contribution < 1.29 is 0 Å². The lowest BCUT2D eigenvalue weighted by Crippen LogP contribution is -2.13. The summed E-state index contributed by atoms with van der Waals surface area (Å²) in [5.41, 5.74) is 18.8. The highest BCUT2D eigenvalue weighted by Gasteiger charge is 2.32. The third kappa shape index (κ3) is 4.63. The molecule has 5 aromatic carbocycles. The third-order valence-electron chi connectivity index (χ3n) is 12.2. The van der Waals surface area contributed by atoms with Crippen LogP contribution in [0.4, 0.5) is 0 Å². The molecule has 2 atom stereocenters. The molecule has 2 unspecified atom stereocenters. The molecule has 0 spiro atoms. The Labute approximate surface area is 314 Å². The van der Waals surface area contributed by atoms with Crippen molar-refractivity contribution in [1.29, 1.82) is 0 Å². The van der Waals surface area contributed by atoms with Crippen molar-refractivity contribution in [1.82, 2.24) is 19.1 Å². The average molecular weight is 695 g/mol. The molecule has 4 nitrogen and oxygen atoms in total. The number of fused-ring (bicyclic) bond motifs is 9. The van der Waals surface area contributed by atoms with Gasteiger partial charge in [-0.15, -0.1) is 0 Å². The second kappa shape index (κ2) is 12.0. The van der Waals surface area contributed by atoms with Gasteiger partial charge in [0, 0.05) is 56.7 Å². The van der Waals surface area contributed by atoms with E-state index in [1.165, 1.54) is 77.5 Å². The zero-order valence-electron chi connectivity index (χ0n) is 30.4. The summed E-state index contributed by atoms with van der Waals surface area (Å²) in [6, 6.07) is 50.9. The van der Waals surface area contributed by atoms with E-state index >= 15 is 0 Å². The van der Waals surface area contributed by atoms with Crippen molar-refractivity contribution in [3.8, 4) is 33.8 Å². The number of allylic oxidation sites excluding steroid dienone is 1. The largest absolute Gasteiger partial charge is 0.313 e. The van der Waals surface area contributed by atoms with Crippen LogP contribution in [0.25, 0.3) is 78.1 Å². The SMILES string of the molecule is CC1c2cc3c4c(n(-c5ccccc5)c3cc2-c2cc3c(cc2C1C)c1cc(-c2ccccn2)ccc1n3-c1ccccc1)CCC(c1ccccn1)=C4. The van der Waals surface area contributed by atoms with E-state index in [0.29, 0.717) is 11.8 Å². The summed E-state index contributed by atoms with van der Waals surface area (Å²) < 4.78 is 4.97. The number of para-hydroxylation sites is 2. The normalized spacial score (nSPS) is 16.3. The molecule has 54 heavy (non-hydrogen) atoms. The molecule has 0 fully saturated rings. The molecule has 2 aliphatic carbocycles. The van der Waals surface area contributed by atoms with Crippen molar-refractivity contribution in [2.75, 3.05) is 0 Å². The number of hydrogen-bond donors (Lipinski definition) is 0. The van der Waals surface area contributed by atoms with Gasteiger partial charge in [0.2, 0.25) is 0 Å². The molecule has 258 valence electrons. The van der Waals surface area contributed by atoms with E-state index in [4.69, 9.17) is 9.97 Å². The summed E-state index contributed by atoms with van der Waals surface area (Å²) in [6.45, 7) is 4.84. The fraction of sp³-hybridized carbons (Fsp3) is 0.120. The molecule has 0 bridgehead atoms. The summed E-state index contributed by atoms with van der Waals surface area (Å²) in [6.07, 6.45) is 8.13. The van der Waals surface area contributed by atoms with Crippen LogP contribution >= 0.6 is 0 Å². The van der Waals surface area contributed by atoms with Gasteiger partial charge >= 0.3 is 0 Å². The molecule has 4 heterocycles. The maximum absolute atomic E-state index is 4.75. The second-order valence-electron chi connectivity index (χ2n) is 15.0. The maximum atomic E-state index is 4.75. The monoisotopic (exact) mass is 694 g/mol. The van der Waals surface area contributed by atoms with Crippen LogP contribution < -0.4 is 0 Å². The van der Waals surface area contributed by atoms with Crippen molar-refractivity contribution >= 4 is 44.4 Å². The number of pyridine rings is 2. The Bertz CT molecular complexity index is 2940. The number of nitrogens with zero attached hydrogens (tertiary/aromatic N) is 4. The van der Waals surface area contributed by atoms with Gasteiger partial charge < -0.3 is 9.13 Å². The molecule has 0 saturated heterocycles. The van der Waals surface area contributed by atoms with E-state index in [-0.39, 0.29) is 0 Å². The minimum Gasteiger partial charge on any atom is -0.313 e. The lowest BCUT2D eigenvalue weighted by molar-refractivity contribution is 0.617. The van der Waals surface area contributed by atoms with E-state index < -0.39 is 0 Å². The molecule has 4 aromatic heterocycles. The Morgan fingerprint density at radius 3 is 1.72 bits per heavy atom. The first-order valence-electron chi connectivity index (χ1n) is 19.1. The average Bonchev–Trinajstić information content (AvgIpc) is 3.74. The highest BCUT2D eigenvalue weighted by Crippen LogP contribution is 2.51. The number of benzene rings is 5. The lowest BCUT2D eigenvalue weighted by atomic mass is 9.72. The summed E-state index contributed by atoms with van der Waals surface area (Å²) >= 11 is 0. The first-order chi connectivity index (χ1) is 26.6. The fourth-order valence-corrected chi connectivity index (χ4v) is 9.35. The van der Waals surface area contributed by atoms with Crippen LogP contribution in [0.15, 0.2) is 152 Å². The highest BCUT2D eigenvalue weighted by molar-refractivity contribution is 6.12. The zero-order valence-corrected chi connectivity index (χ0v) is 30.4. The minimum atomic E-state index is 0.343. The number of rotatable bonds is 4. The van der Waals surface area contributed by atoms with Gasteiger partial charge in [-0.1, -0.05) is 68.4 Å². The van der Waals surface area contributed by atoms with Gasteiger partial charge in [0.05, 0.1) is 27.9 Å². The second-order valence-corrected chi connectivity index (χ2v) is 15.0. The van der Waals surface area contributed by atoms with Gasteiger partial charge in [0.15, 0.2) is 0 Å². The standard InChI is InChI=1S/C50H38N4/c1-31-32(2)38-28-44-42-26-34(46-18-10-12-24-52-46)20-22-48(42)54(36-15-7-4-8-16-36)50(44)30-40(38)39-29-49-43(27-37(31)39)41-25-33(45-17-9-11-23-51-45)19-21-47(41)53(49)35-13-5-3-6-14-35/h3-19,21,23-32H,20,22H2,1-2H3. The summed E-state index contributed by atoms with van der Waals surface area (Å²) in [5, 5.41) is 3.86. The lowest BCUT2D eigenvalue weighted by Gasteiger charge is -2.32. The Morgan fingerprint density at radius 2 is 1.07 bits per heavy atom. The maximum Gasteiger partial charge on any atom is 0.0702 e. The molecule has 0 aliphatic heterocycles. The van der Waals surface area contributed by atoms with Crippen molar-refractivity contribution in [3.05, 3.63) is 180 Å². The van der Waals surface area contributed by atoms with Gasteiger partial charge in [-0.25, -0.2) is 0 Å². The van der Waals surface area contributed by atoms with Crippen LogP contribution in [-0.4, -0.2) is 19.1 Å². The highest BCUT2D eigenvalue weighted by atomic mass is 15.0. The van der Waals surface area contributed by atoms with Crippen LogP contribution in [0.3, 0.4) is 0 Å². The number of hydrogen-bond acceptors (Lipinski definition) is 2. The molecule has 9 aromatic rings. The first-order valence-corrected chi connectivity index (χ1v) is 19.1. The quantitative estimate of drug-likeness (QED) is 0.184. The molecule has 0 amide bonds. The van der Waals surface area contributed by atoms with Crippen molar-refractivity contribution in [2.24, 2.45) is 0 Å². The minimum absolute atomic E-state index is 0.343. The Kier molecular flexibility index (Phi) is 6.90. The van der Waals surface area contributed by atoms with E-state index in [1.807, 2.05) is 24.5 Å². The molecular formula is C50H38N4. The summed E-state index contributed by atoms with van der Waals surface area (Å²) in [5.74, 6) is 0.689. The molecule has 0 N–H and O–H groups in total. The van der Waals surface area contributed by atoms with Crippen LogP contribution in [0.1, 0.15) is 60.2 Å². The summed E-state index contributed by atoms with van der Waals surface area (Å²) in [7, 11) is 0. The van der Waals surface area contributed by atoms with Gasteiger partial charge in [-0.05, 0) is 144 Å². The molecular weight excluding hydrogens is 657 g/mol. The van der Waals surface area contributed by atoms with E-state index in [1.54, 1.807) is 0 Å². The third-order valence-corrected chi connectivity index (χ3v) is 12.2. The van der Waals surface area contributed by atoms with Crippen LogP contribution in [-0.2, 0) is 6.42 Å². The Balaban J connectivity index is 1.19. The zero-order chi connectivity index (χ0) is 35.9. The summed E-state index contributed by atoms with van der Waals surface area (Å²) in [4.78, 5) is 9.45. The van der Waals surface area contributed by atoms with Gasteiger partial charge in [0.25, 0.3) is 0 Å². The Morgan fingerprint density at radius 1 is 0.500 bits per heavy atom. The van der Waals surface area contributed by atoms with Crippen LogP contribution in [0, 0.1) is 0 Å².